The van der Waals surface area contributed by atoms with Crippen molar-refractivity contribution in [1.82, 2.24) is 4.90 Å². The number of amides is 3. The summed E-state index contributed by atoms with van der Waals surface area (Å²) in [5.74, 6) is -0.668. The fourth-order valence-corrected chi connectivity index (χ4v) is 6.10. The Bertz CT molecular complexity index is 1030. The molecule has 0 radical (unpaired) electrons. The molecule has 0 aromatic heterocycles. The number of rotatable bonds is 5. The van der Waals surface area contributed by atoms with Crippen LogP contribution in [0.3, 0.4) is 0 Å². The van der Waals surface area contributed by atoms with Crippen LogP contribution in [0.15, 0.2) is 53.0 Å². The van der Waals surface area contributed by atoms with Gasteiger partial charge in [-0.1, -0.05) is 41.9 Å². The van der Waals surface area contributed by atoms with Crippen molar-refractivity contribution < 1.29 is 14.4 Å². The fraction of sp³-hybridized carbons (Fsp3) is 0.375. The minimum atomic E-state index is -0.894. The van der Waals surface area contributed by atoms with Crippen LogP contribution in [0.2, 0.25) is 5.02 Å². The van der Waals surface area contributed by atoms with Gasteiger partial charge in [0.2, 0.25) is 17.7 Å². The number of carbonyl (C=O) groups is 3. The van der Waals surface area contributed by atoms with Crippen molar-refractivity contribution in [3.8, 4) is 0 Å². The van der Waals surface area contributed by atoms with E-state index in [0.717, 1.165) is 29.3 Å². The van der Waals surface area contributed by atoms with Crippen molar-refractivity contribution in [1.29, 1.82) is 0 Å². The van der Waals surface area contributed by atoms with Crippen LogP contribution in [-0.2, 0) is 20.8 Å². The van der Waals surface area contributed by atoms with Crippen LogP contribution in [0.4, 0.5) is 5.69 Å². The van der Waals surface area contributed by atoms with Crippen LogP contribution in [0.5, 0.6) is 0 Å². The van der Waals surface area contributed by atoms with Crippen LogP contribution < -0.4 is 5.32 Å². The largest absolute Gasteiger partial charge is 0.324 e. The maximum atomic E-state index is 13.4. The third-order valence-electron chi connectivity index (χ3n) is 7.03. The van der Waals surface area contributed by atoms with E-state index in [1.807, 2.05) is 30.3 Å². The Morgan fingerprint density at radius 1 is 1.06 bits per heavy atom. The Kier molecular flexibility index (Phi) is 5.39. The number of carbonyl (C=O) groups excluding carboxylic acids is 3. The van der Waals surface area contributed by atoms with Crippen molar-refractivity contribution in [3.63, 3.8) is 0 Å². The Labute approximate surface area is 194 Å². The van der Waals surface area contributed by atoms with E-state index >= 15 is 0 Å². The van der Waals surface area contributed by atoms with Gasteiger partial charge in [-0.05, 0) is 70.8 Å². The summed E-state index contributed by atoms with van der Waals surface area (Å²) < 4.78 is 0.723. The van der Waals surface area contributed by atoms with Crippen molar-refractivity contribution in [2.45, 2.75) is 31.7 Å². The minimum absolute atomic E-state index is 0.174. The molecule has 1 saturated heterocycles. The smallest absolute Gasteiger partial charge is 0.248 e. The summed E-state index contributed by atoms with van der Waals surface area (Å²) in [6.45, 7) is 0. The molecule has 2 bridgehead atoms. The Hall–Kier alpha value is -2.18. The van der Waals surface area contributed by atoms with Crippen LogP contribution in [0.1, 0.15) is 24.8 Å². The molecule has 2 saturated carbocycles. The second-order valence-corrected chi connectivity index (χ2v) is 10.0. The second-order valence-electron chi connectivity index (χ2n) is 8.75. The molecule has 0 unspecified atom stereocenters. The average Bonchev–Trinajstić information content (AvgIpc) is 3.44. The van der Waals surface area contributed by atoms with Gasteiger partial charge in [0.25, 0.3) is 0 Å². The molecular weight excluding hydrogens is 480 g/mol. The molecule has 2 aromatic carbocycles. The zero-order chi connectivity index (χ0) is 21.7. The lowest BCUT2D eigenvalue weighted by molar-refractivity contribution is -0.147. The predicted molar refractivity (Wildman–Crippen MR) is 121 cm³/mol. The number of hydrogen-bond acceptors (Lipinski definition) is 3. The van der Waals surface area contributed by atoms with Gasteiger partial charge in [-0.15, -0.1) is 0 Å². The maximum absolute atomic E-state index is 13.4. The normalized spacial score (nSPS) is 27.5. The van der Waals surface area contributed by atoms with Gasteiger partial charge >= 0.3 is 0 Å². The number of fused-ring (bicyclic) bond motifs is 5. The predicted octanol–water partition coefficient (Wildman–Crippen LogP) is 4.68. The highest BCUT2D eigenvalue weighted by molar-refractivity contribution is 9.10. The first-order valence-corrected chi connectivity index (χ1v) is 11.8. The Balaban J connectivity index is 1.45. The molecule has 3 fully saturated rings. The molecule has 2 aliphatic carbocycles. The zero-order valence-electron chi connectivity index (χ0n) is 16.8. The molecule has 7 heteroatoms. The summed E-state index contributed by atoms with van der Waals surface area (Å²) in [5, 5.41) is 3.33. The third-order valence-corrected chi connectivity index (χ3v) is 8.27. The summed E-state index contributed by atoms with van der Waals surface area (Å²) in [6, 6.07) is 13.7. The van der Waals surface area contributed by atoms with Crippen molar-refractivity contribution in [2.24, 2.45) is 23.7 Å². The number of imide groups is 1. The first-order chi connectivity index (χ1) is 14.9. The molecule has 1 N–H and O–H groups in total. The first-order valence-electron chi connectivity index (χ1n) is 10.6. The Morgan fingerprint density at radius 3 is 2.32 bits per heavy atom. The van der Waals surface area contributed by atoms with Gasteiger partial charge in [0.05, 0.1) is 16.9 Å². The van der Waals surface area contributed by atoms with E-state index in [9.17, 15) is 14.4 Å². The lowest BCUT2D eigenvalue weighted by atomic mass is 9.81. The molecule has 160 valence electrons. The molecule has 3 aliphatic rings. The fourth-order valence-electron chi connectivity index (χ4n) is 5.68. The van der Waals surface area contributed by atoms with E-state index in [1.165, 1.54) is 4.90 Å². The highest BCUT2D eigenvalue weighted by Gasteiger charge is 2.62. The highest BCUT2D eigenvalue weighted by Crippen LogP contribution is 2.56. The highest BCUT2D eigenvalue weighted by atomic mass is 79.9. The van der Waals surface area contributed by atoms with Crippen molar-refractivity contribution in [2.75, 3.05) is 5.32 Å². The number of anilines is 1. The summed E-state index contributed by atoms with van der Waals surface area (Å²) in [4.78, 5) is 41.4. The van der Waals surface area contributed by atoms with Gasteiger partial charge < -0.3 is 5.32 Å². The van der Waals surface area contributed by atoms with Gasteiger partial charge in [-0.25, -0.2) is 0 Å². The third kappa shape index (κ3) is 3.60. The average molecular weight is 502 g/mol. The van der Waals surface area contributed by atoms with E-state index in [1.54, 1.807) is 18.2 Å². The molecule has 5 rings (SSSR count). The molecule has 0 spiro atoms. The van der Waals surface area contributed by atoms with Gasteiger partial charge in [0, 0.05) is 16.6 Å². The number of halogens is 2. The molecule has 31 heavy (non-hydrogen) atoms. The van der Waals surface area contributed by atoms with Gasteiger partial charge in [0.15, 0.2) is 0 Å². The van der Waals surface area contributed by atoms with Crippen molar-refractivity contribution >= 4 is 50.9 Å². The van der Waals surface area contributed by atoms with Crippen LogP contribution in [-0.4, -0.2) is 28.7 Å². The van der Waals surface area contributed by atoms with Crippen LogP contribution >= 0.6 is 27.5 Å². The molecule has 1 aliphatic heterocycles. The number of hydrogen-bond donors (Lipinski definition) is 1. The molecule has 1 heterocycles. The SMILES string of the molecule is O=C(Nc1ccc(Br)c(Cl)c1)[C@@H](Cc1ccccc1)N1C(=O)[C@@H]2[C@H]3CC[C@@H](C3)[C@@H]2C1=O. The summed E-state index contributed by atoms with van der Waals surface area (Å²) in [5.41, 5.74) is 1.42. The number of nitrogens with one attached hydrogen (secondary N) is 1. The van der Waals surface area contributed by atoms with E-state index in [2.05, 4.69) is 21.2 Å². The van der Waals surface area contributed by atoms with E-state index in [4.69, 9.17) is 11.6 Å². The van der Waals surface area contributed by atoms with E-state index < -0.39 is 6.04 Å². The van der Waals surface area contributed by atoms with Gasteiger partial charge in [0.1, 0.15) is 6.04 Å². The second kappa shape index (κ2) is 8.06. The van der Waals surface area contributed by atoms with Crippen LogP contribution in [0.25, 0.3) is 0 Å². The summed E-state index contributed by atoms with van der Waals surface area (Å²) in [6.07, 6.45) is 3.26. The first kappa shape index (κ1) is 20.7. The molecule has 2 aromatic rings. The van der Waals surface area contributed by atoms with Gasteiger partial charge in [-0.2, -0.15) is 0 Å². The monoisotopic (exact) mass is 500 g/mol. The van der Waals surface area contributed by atoms with Crippen molar-refractivity contribution in [3.05, 3.63) is 63.6 Å². The maximum Gasteiger partial charge on any atom is 0.248 e. The molecule has 5 atom stereocenters. The number of likely N-dealkylation sites (tertiary alicyclic amines) is 1. The topological polar surface area (TPSA) is 66.5 Å². The summed E-state index contributed by atoms with van der Waals surface area (Å²) >= 11 is 9.51. The quantitative estimate of drug-likeness (QED) is 0.605. The number of nitrogens with zero attached hydrogens (tertiary/aromatic N) is 1. The lowest BCUT2D eigenvalue weighted by Gasteiger charge is -2.27. The molecule has 5 nitrogen and oxygen atoms in total. The van der Waals surface area contributed by atoms with Crippen LogP contribution in [0, 0.1) is 23.7 Å². The van der Waals surface area contributed by atoms with Gasteiger partial charge in [-0.3, -0.25) is 19.3 Å². The molecular formula is C24H22BrClN2O3. The minimum Gasteiger partial charge on any atom is -0.324 e. The van der Waals surface area contributed by atoms with E-state index in [-0.39, 0.29) is 47.8 Å². The molecule has 3 amide bonds. The Morgan fingerprint density at radius 2 is 1.71 bits per heavy atom. The zero-order valence-corrected chi connectivity index (χ0v) is 19.1. The number of benzene rings is 2. The summed E-state index contributed by atoms with van der Waals surface area (Å²) in [7, 11) is 0. The lowest BCUT2D eigenvalue weighted by Crippen LogP contribution is -2.49. The van der Waals surface area contributed by atoms with E-state index in [0.29, 0.717) is 10.7 Å². The standard InChI is InChI=1S/C24H22BrClN2O3/c25-17-9-8-16(12-18(17)26)27-22(29)19(10-13-4-2-1-3-5-13)28-23(30)20-14-6-7-15(11-14)21(20)24(28)31/h1-5,8-9,12,14-15,19-21H,6-7,10-11H2,(H,27,29)/t14-,15-,19+,20-,21+/m0/s1.